The standard InChI is InChI=1S/C9H18N4S/c1-3-4-8-11-9(13-12-8)7(10)5-6-14-2/h7H,3-6,10H2,1-2H3,(H,11,12,13)/t7-/m0/s1. The Morgan fingerprint density at radius 1 is 1.57 bits per heavy atom. The van der Waals surface area contributed by atoms with Gasteiger partial charge in [0, 0.05) is 6.42 Å². The summed E-state index contributed by atoms with van der Waals surface area (Å²) in [6, 6.07) is -0.0238. The highest BCUT2D eigenvalue weighted by Gasteiger charge is 2.10. The third kappa shape index (κ3) is 3.31. The molecule has 1 aromatic rings. The second kappa shape index (κ2) is 6.03. The lowest BCUT2D eigenvalue weighted by molar-refractivity contribution is 0.657. The van der Waals surface area contributed by atoms with E-state index >= 15 is 0 Å². The van der Waals surface area contributed by atoms with E-state index in [0.29, 0.717) is 0 Å². The van der Waals surface area contributed by atoms with E-state index in [4.69, 9.17) is 5.73 Å². The monoisotopic (exact) mass is 214 g/mol. The van der Waals surface area contributed by atoms with Crippen LogP contribution in [0.25, 0.3) is 0 Å². The second-order valence-corrected chi connectivity index (χ2v) is 4.26. The molecule has 0 spiro atoms. The van der Waals surface area contributed by atoms with Gasteiger partial charge >= 0.3 is 0 Å². The van der Waals surface area contributed by atoms with Crippen molar-refractivity contribution in [3.05, 3.63) is 11.6 Å². The Bertz CT molecular complexity index is 261. The van der Waals surface area contributed by atoms with E-state index in [1.807, 2.05) is 0 Å². The first-order valence-electron chi connectivity index (χ1n) is 4.93. The summed E-state index contributed by atoms with van der Waals surface area (Å²) in [5.41, 5.74) is 5.93. The van der Waals surface area contributed by atoms with E-state index < -0.39 is 0 Å². The summed E-state index contributed by atoms with van der Waals surface area (Å²) in [6.45, 7) is 2.12. The SMILES string of the molecule is CCCc1nc([C@@H](N)CCSC)n[nH]1. The number of H-pyrrole nitrogens is 1. The molecule has 0 aliphatic heterocycles. The van der Waals surface area contributed by atoms with Gasteiger partial charge in [-0.1, -0.05) is 6.92 Å². The number of nitrogens with one attached hydrogen (secondary N) is 1. The molecular formula is C9H18N4S. The van der Waals surface area contributed by atoms with Gasteiger partial charge in [0.25, 0.3) is 0 Å². The van der Waals surface area contributed by atoms with Crippen LogP contribution in [0.4, 0.5) is 0 Å². The zero-order chi connectivity index (χ0) is 10.4. The highest BCUT2D eigenvalue weighted by Crippen LogP contribution is 2.11. The van der Waals surface area contributed by atoms with Gasteiger partial charge in [-0.05, 0) is 24.9 Å². The van der Waals surface area contributed by atoms with Crippen molar-refractivity contribution < 1.29 is 0 Å². The fraction of sp³-hybridized carbons (Fsp3) is 0.778. The summed E-state index contributed by atoms with van der Waals surface area (Å²) in [6.07, 6.45) is 5.04. The predicted octanol–water partition coefficient (Wildman–Crippen LogP) is 1.51. The molecule has 0 aromatic carbocycles. The van der Waals surface area contributed by atoms with Gasteiger partial charge in [0.1, 0.15) is 5.82 Å². The smallest absolute Gasteiger partial charge is 0.167 e. The van der Waals surface area contributed by atoms with Crippen LogP contribution in [0.1, 0.15) is 37.5 Å². The van der Waals surface area contributed by atoms with Crippen LogP contribution in [0.15, 0.2) is 0 Å². The van der Waals surface area contributed by atoms with Crippen molar-refractivity contribution >= 4 is 11.8 Å². The zero-order valence-corrected chi connectivity index (χ0v) is 9.60. The summed E-state index contributed by atoms with van der Waals surface area (Å²) in [5.74, 6) is 2.75. The maximum Gasteiger partial charge on any atom is 0.167 e. The van der Waals surface area contributed by atoms with Crippen molar-refractivity contribution in [1.29, 1.82) is 0 Å². The van der Waals surface area contributed by atoms with Crippen LogP contribution >= 0.6 is 11.8 Å². The molecule has 3 N–H and O–H groups in total. The Morgan fingerprint density at radius 2 is 2.36 bits per heavy atom. The Labute approximate surface area is 89.1 Å². The van der Waals surface area contributed by atoms with Gasteiger partial charge in [0.2, 0.25) is 0 Å². The van der Waals surface area contributed by atoms with Crippen LogP contribution in [-0.4, -0.2) is 27.2 Å². The first kappa shape index (κ1) is 11.5. The average molecular weight is 214 g/mol. The molecule has 14 heavy (non-hydrogen) atoms. The minimum Gasteiger partial charge on any atom is -0.321 e. The maximum atomic E-state index is 5.93. The summed E-state index contributed by atoms with van der Waals surface area (Å²) in [7, 11) is 0. The summed E-state index contributed by atoms with van der Waals surface area (Å²) >= 11 is 1.80. The number of rotatable bonds is 6. The minimum atomic E-state index is -0.0238. The molecule has 0 amide bonds. The zero-order valence-electron chi connectivity index (χ0n) is 8.79. The van der Waals surface area contributed by atoms with Crippen molar-refractivity contribution in [1.82, 2.24) is 15.2 Å². The molecule has 80 valence electrons. The molecule has 0 saturated heterocycles. The molecule has 1 heterocycles. The lowest BCUT2D eigenvalue weighted by atomic mass is 10.2. The molecule has 1 rings (SSSR count). The molecular weight excluding hydrogens is 196 g/mol. The molecule has 1 aromatic heterocycles. The summed E-state index contributed by atoms with van der Waals surface area (Å²) in [5, 5.41) is 7.03. The summed E-state index contributed by atoms with van der Waals surface area (Å²) < 4.78 is 0. The molecule has 0 radical (unpaired) electrons. The number of hydrogen-bond donors (Lipinski definition) is 2. The van der Waals surface area contributed by atoms with Crippen LogP contribution < -0.4 is 5.73 Å². The maximum absolute atomic E-state index is 5.93. The molecule has 0 bridgehead atoms. The van der Waals surface area contributed by atoms with Crippen LogP contribution in [0, 0.1) is 0 Å². The number of hydrogen-bond acceptors (Lipinski definition) is 4. The third-order valence-electron chi connectivity index (χ3n) is 2.00. The van der Waals surface area contributed by atoms with Crippen LogP contribution in [-0.2, 0) is 6.42 Å². The van der Waals surface area contributed by atoms with Crippen LogP contribution in [0.5, 0.6) is 0 Å². The van der Waals surface area contributed by atoms with Crippen molar-refractivity contribution in [3.63, 3.8) is 0 Å². The number of aromatic amines is 1. The molecule has 4 nitrogen and oxygen atoms in total. The second-order valence-electron chi connectivity index (χ2n) is 3.28. The molecule has 0 aliphatic rings. The molecule has 5 heteroatoms. The fourth-order valence-electron chi connectivity index (χ4n) is 1.20. The number of thioether (sulfide) groups is 1. The van der Waals surface area contributed by atoms with E-state index in [2.05, 4.69) is 28.4 Å². The van der Waals surface area contributed by atoms with E-state index in [9.17, 15) is 0 Å². The molecule has 0 fully saturated rings. The summed E-state index contributed by atoms with van der Waals surface area (Å²) in [4.78, 5) is 4.35. The van der Waals surface area contributed by atoms with Crippen LogP contribution in [0.2, 0.25) is 0 Å². The van der Waals surface area contributed by atoms with E-state index in [1.165, 1.54) is 0 Å². The van der Waals surface area contributed by atoms with Gasteiger partial charge in [0.05, 0.1) is 6.04 Å². The van der Waals surface area contributed by atoms with Gasteiger partial charge in [-0.3, -0.25) is 5.10 Å². The Morgan fingerprint density at radius 3 is 3.00 bits per heavy atom. The van der Waals surface area contributed by atoms with E-state index in [-0.39, 0.29) is 6.04 Å². The average Bonchev–Trinajstić information content (AvgIpc) is 2.63. The number of nitrogens with zero attached hydrogens (tertiary/aromatic N) is 2. The van der Waals surface area contributed by atoms with Crippen molar-refractivity contribution in [3.8, 4) is 0 Å². The number of aromatic nitrogens is 3. The lowest BCUT2D eigenvalue weighted by Gasteiger charge is -2.04. The molecule has 0 saturated carbocycles. The molecule has 1 atom stereocenters. The van der Waals surface area contributed by atoms with Crippen molar-refractivity contribution in [2.75, 3.05) is 12.0 Å². The number of nitrogens with two attached hydrogens (primary N) is 1. The van der Waals surface area contributed by atoms with Gasteiger partial charge in [-0.15, -0.1) is 0 Å². The van der Waals surface area contributed by atoms with Crippen molar-refractivity contribution in [2.24, 2.45) is 5.73 Å². The largest absolute Gasteiger partial charge is 0.321 e. The van der Waals surface area contributed by atoms with Gasteiger partial charge in [0.15, 0.2) is 5.82 Å². The molecule has 0 unspecified atom stereocenters. The van der Waals surface area contributed by atoms with Gasteiger partial charge in [-0.2, -0.15) is 16.9 Å². The minimum absolute atomic E-state index is 0.0238. The Hall–Kier alpha value is -0.550. The highest BCUT2D eigenvalue weighted by atomic mass is 32.2. The van der Waals surface area contributed by atoms with E-state index in [1.54, 1.807) is 11.8 Å². The lowest BCUT2D eigenvalue weighted by Crippen LogP contribution is -2.13. The fourth-order valence-corrected chi connectivity index (χ4v) is 1.69. The van der Waals surface area contributed by atoms with Crippen molar-refractivity contribution in [2.45, 2.75) is 32.2 Å². The first-order valence-corrected chi connectivity index (χ1v) is 6.33. The van der Waals surface area contributed by atoms with Gasteiger partial charge in [-0.25, -0.2) is 4.98 Å². The Balaban J connectivity index is 2.48. The normalized spacial score (nSPS) is 13.1. The quantitative estimate of drug-likeness (QED) is 0.753. The number of aryl methyl sites for hydroxylation is 1. The highest BCUT2D eigenvalue weighted by molar-refractivity contribution is 7.98. The predicted molar refractivity (Wildman–Crippen MR) is 60.3 cm³/mol. The third-order valence-corrected chi connectivity index (χ3v) is 2.64. The van der Waals surface area contributed by atoms with Gasteiger partial charge < -0.3 is 5.73 Å². The van der Waals surface area contributed by atoms with Crippen LogP contribution in [0.3, 0.4) is 0 Å². The Kier molecular flexibility index (Phi) is 4.97. The topological polar surface area (TPSA) is 67.6 Å². The first-order chi connectivity index (χ1) is 6.77. The van der Waals surface area contributed by atoms with E-state index in [0.717, 1.165) is 36.7 Å². The molecule has 0 aliphatic carbocycles.